The highest BCUT2D eigenvalue weighted by atomic mass is 32.2. The molecule has 0 unspecified atom stereocenters. The first-order chi connectivity index (χ1) is 13.8. The molecule has 0 aromatic heterocycles. The zero-order chi connectivity index (χ0) is 21.0. The molecule has 0 radical (unpaired) electrons. The molecule has 0 saturated carbocycles. The van der Waals surface area contributed by atoms with Crippen molar-refractivity contribution in [2.24, 2.45) is 0 Å². The first-order valence-electron chi connectivity index (χ1n) is 9.32. The van der Waals surface area contributed by atoms with Crippen molar-refractivity contribution in [3.63, 3.8) is 0 Å². The lowest BCUT2D eigenvalue weighted by Gasteiger charge is -2.16. The molecule has 0 bridgehead atoms. The van der Waals surface area contributed by atoms with Crippen molar-refractivity contribution in [2.45, 2.75) is 31.7 Å². The molecular formula is C23H24N2O3S. The lowest BCUT2D eigenvalue weighted by Crippen LogP contribution is -2.27. The SMILES string of the molecule is Cc1ccc([C@@H](C)NC(=O)c2cccc(S(=O)(=O)Nc3ccccc3)c2)cc1C. The van der Waals surface area contributed by atoms with Crippen molar-refractivity contribution in [1.82, 2.24) is 5.32 Å². The van der Waals surface area contributed by atoms with Crippen LogP contribution in [0, 0.1) is 13.8 Å². The smallest absolute Gasteiger partial charge is 0.261 e. The van der Waals surface area contributed by atoms with E-state index in [9.17, 15) is 13.2 Å². The molecule has 3 aromatic carbocycles. The van der Waals surface area contributed by atoms with Gasteiger partial charge in [-0.1, -0.05) is 42.5 Å². The van der Waals surface area contributed by atoms with Crippen LogP contribution in [0.25, 0.3) is 0 Å². The van der Waals surface area contributed by atoms with Crippen molar-refractivity contribution in [3.8, 4) is 0 Å². The standard InChI is InChI=1S/C23H24N2O3S/c1-16-12-13-19(14-17(16)2)18(3)24-23(26)20-8-7-11-22(15-20)29(27,28)25-21-9-5-4-6-10-21/h4-15,18,25H,1-3H3,(H,24,26)/t18-/m1/s1. The summed E-state index contributed by atoms with van der Waals surface area (Å²) >= 11 is 0. The fourth-order valence-corrected chi connectivity index (χ4v) is 4.03. The summed E-state index contributed by atoms with van der Waals surface area (Å²) in [4.78, 5) is 12.7. The lowest BCUT2D eigenvalue weighted by atomic mass is 10.0. The molecule has 150 valence electrons. The number of nitrogens with one attached hydrogen (secondary N) is 2. The van der Waals surface area contributed by atoms with Gasteiger partial charge in [-0.25, -0.2) is 8.42 Å². The molecule has 29 heavy (non-hydrogen) atoms. The van der Waals surface area contributed by atoms with Gasteiger partial charge in [0, 0.05) is 11.3 Å². The summed E-state index contributed by atoms with van der Waals surface area (Å²) < 4.78 is 27.8. The molecule has 0 aliphatic carbocycles. The Kier molecular flexibility index (Phi) is 6.03. The normalized spacial score (nSPS) is 12.2. The van der Waals surface area contributed by atoms with E-state index in [0.29, 0.717) is 5.69 Å². The van der Waals surface area contributed by atoms with Gasteiger partial charge in [0.1, 0.15) is 0 Å². The van der Waals surface area contributed by atoms with Crippen molar-refractivity contribution < 1.29 is 13.2 Å². The second-order valence-corrected chi connectivity index (χ2v) is 8.72. The molecule has 1 atom stereocenters. The molecule has 6 heteroatoms. The van der Waals surface area contributed by atoms with Gasteiger partial charge in [-0.15, -0.1) is 0 Å². The molecule has 0 fully saturated rings. The van der Waals surface area contributed by atoms with Crippen LogP contribution < -0.4 is 10.0 Å². The predicted octanol–water partition coefficient (Wildman–Crippen LogP) is 4.60. The molecule has 3 rings (SSSR count). The van der Waals surface area contributed by atoms with Crippen LogP contribution in [-0.4, -0.2) is 14.3 Å². The molecule has 2 N–H and O–H groups in total. The summed E-state index contributed by atoms with van der Waals surface area (Å²) in [7, 11) is -3.79. The first kappa shape index (κ1) is 20.6. The van der Waals surface area contributed by atoms with E-state index in [0.717, 1.165) is 11.1 Å². The molecule has 0 heterocycles. The van der Waals surface area contributed by atoms with E-state index in [1.54, 1.807) is 42.5 Å². The molecule has 0 saturated heterocycles. The quantitative estimate of drug-likeness (QED) is 0.626. The van der Waals surface area contributed by atoms with Crippen LogP contribution in [0.5, 0.6) is 0 Å². The van der Waals surface area contributed by atoms with Crippen LogP contribution in [0.2, 0.25) is 0 Å². The summed E-state index contributed by atoms with van der Waals surface area (Å²) in [6.07, 6.45) is 0. The largest absolute Gasteiger partial charge is 0.346 e. The number of para-hydroxylation sites is 1. The van der Waals surface area contributed by atoms with Gasteiger partial charge in [-0.3, -0.25) is 9.52 Å². The van der Waals surface area contributed by atoms with Crippen LogP contribution in [0.3, 0.4) is 0 Å². The van der Waals surface area contributed by atoms with Gasteiger partial charge in [-0.05, 0) is 67.8 Å². The Balaban J connectivity index is 1.77. The predicted molar refractivity (Wildman–Crippen MR) is 115 cm³/mol. The third-order valence-corrected chi connectivity index (χ3v) is 6.19. The minimum absolute atomic E-state index is 0.0350. The van der Waals surface area contributed by atoms with E-state index < -0.39 is 10.0 Å². The maximum Gasteiger partial charge on any atom is 0.261 e. The van der Waals surface area contributed by atoms with E-state index in [4.69, 9.17) is 0 Å². The number of sulfonamides is 1. The maximum absolute atomic E-state index is 12.7. The fraction of sp³-hybridized carbons (Fsp3) is 0.174. The van der Waals surface area contributed by atoms with Crippen LogP contribution in [-0.2, 0) is 10.0 Å². The fourth-order valence-electron chi connectivity index (χ4n) is 2.92. The minimum atomic E-state index is -3.79. The van der Waals surface area contributed by atoms with E-state index in [1.807, 2.05) is 39.0 Å². The second-order valence-electron chi connectivity index (χ2n) is 7.04. The Labute approximate surface area is 171 Å². The van der Waals surface area contributed by atoms with Crippen LogP contribution >= 0.6 is 0 Å². The molecule has 0 aliphatic rings. The van der Waals surface area contributed by atoms with Crippen molar-refractivity contribution in [3.05, 3.63) is 95.1 Å². The van der Waals surface area contributed by atoms with Gasteiger partial charge < -0.3 is 5.32 Å². The van der Waals surface area contributed by atoms with E-state index in [1.165, 1.54) is 17.7 Å². The monoisotopic (exact) mass is 408 g/mol. The number of anilines is 1. The highest BCUT2D eigenvalue weighted by Gasteiger charge is 2.18. The molecule has 1 amide bonds. The minimum Gasteiger partial charge on any atom is -0.346 e. The number of aryl methyl sites for hydroxylation is 2. The van der Waals surface area contributed by atoms with Crippen molar-refractivity contribution >= 4 is 21.6 Å². The Bertz CT molecular complexity index is 1130. The van der Waals surface area contributed by atoms with Gasteiger partial charge >= 0.3 is 0 Å². The average Bonchev–Trinajstić information content (AvgIpc) is 2.70. The zero-order valence-electron chi connectivity index (χ0n) is 16.6. The molecule has 3 aromatic rings. The Morgan fingerprint density at radius 1 is 0.862 bits per heavy atom. The second kappa shape index (κ2) is 8.49. The molecule has 0 aliphatic heterocycles. The summed E-state index contributed by atoms with van der Waals surface area (Å²) in [6, 6.07) is 20.5. The maximum atomic E-state index is 12.7. The Hall–Kier alpha value is -3.12. The number of carbonyl (C=O) groups is 1. The van der Waals surface area contributed by atoms with Crippen LogP contribution in [0.1, 0.15) is 40.0 Å². The number of carbonyl (C=O) groups excluding carboxylic acids is 1. The Morgan fingerprint density at radius 2 is 1.59 bits per heavy atom. The number of hydrogen-bond acceptors (Lipinski definition) is 3. The lowest BCUT2D eigenvalue weighted by molar-refractivity contribution is 0.0939. The van der Waals surface area contributed by atoms with Crippen LogP contribution in [0.15, 0.2) is 77.7 Å². The number of benzene rings is 3. The third kappa shape index (κ3) is 5.03. The molecular weight excluding hydrogens is 384 g/mol. The molecule has 0 spiro atoms. The topological polar surface area (TPSA) is 75.3 Å². The van der Waals surface area contributed by atoms with Crippen LogP contribution in [0.4, 0.5) is 5.69 Å². The number of amides is 1. The third-order valence-electron chi connectivity index (χ3n) is 4.81. The van der Waals surface area contributed by atoms with E-state index in [-0.39, 0.29) is 22.4 Å². The zero-order valence-corrected chi connectivity index (χ0v) is 17.5. The van der Waals surface area contributed by atoms with E-state index in [2.05, 4.69) is 10.0 Å². The van der Waals surface area contributed by atoms with Gasteiger partial charge in [0.15, 0.2) is 0 Å². The molecule has 5 nitrogen and oxygen atoms in total. The highest BCUT2D eigenvalue weighted by molar-refractivity contribution is 7.92. The summed E-state index contributed by atoms with van der Waals surface area (Å²) in [5.74, 6) is -0.326. The van der Waals surface area contributed by atoms with E-state index >= 15 is 0 Å². The highest BCUT2D eigenvalue weighted by Crippen LogP contribution is 2.19. The average molecular weight is 409 g/mol. The van der Waals surface area contributed by atoms with Gasteiger partial charge in [0.05, 0.1) is 10.9 Å². The number of rotatable bonds is 6. The van der Waals surface area contributed by atoms with Gasteiger partial charge in [0.2, 0.25) is 0 Å². The Morgan fingerprint density at radius 3 is 2.28 bits per heavy atom. The summed E-state index contributed by atoms with van der Waals surface area (Å²) in [5.41, 5.74) is 4.10. The van der Waals surface area contributed by atoms with Gasteiger partial charge in [-0.2, -0.15) is 0 Å². The number of hydrogen-bond donors (Lipinski definition) is 2. The van der Waals surface area contributed by atoms with Crippen molar-refractivity contribution in [1.29, 1.82) is 0 Å². The van der Waals surface area contributed by atoms with Gasteiger partial charge in [0.25, 0.3) is 15.9 Å². The van der Waals surface area contributed by atoms with Crippen molar-refractivity contribution in [2.75, 3.05) is 4.72 Å². The summed E-state index contributed by atoms with van der Waals surface area (Å²) in [6.45, 7) is 5.97. The first-order valence-corrected chi connectivity index (χ1v) is 10.8. The summed E-state index contributed by atoms with van der Waals surface area (Å²) in [5, 5.41) is 2.93.